The molecular weight excluding hydrogens is 431 g/mol. The van der Waals surface area contributed by atoms with Crippen LogP contribution >= 0.6 is 6.64 Å². The summed E-state index contributed by atoms with van der Waals surface area (Å²) < 4.78 is 21.7. The largest absolute Gasteiger partial charge is 0.466 e. The van der Waals surface area contributed by atoms with Crippen LogP contribution < -0.4 is 4.52 Å². The van der Waals surface area contributed by atoms with Gasteiger partial charge in [0.15, 0.2) is 0 Å². The lowest BCUT2D eigenvalue weighted by Crippen LogP contribution is -2.31. The van der Waals surface area contributed by atoms with Gasteiger partial charge < -0.3 is 18.7 Å². The van der Waals surface area contributed by atoms with E-state index in [0.29, 0.717) is 11.5 Å². The van der Waals surface area contributed by atoms with Crippen LogP contribution in [-0.2, 0) is 32.3 Å². The number of aryl methyl sites for hydroxylation is 1. The summed E-state index contributed by atoms with van der Waals surface area (Å²) in [5.41, 5.74) is 1.02. The topological polar surface area (TPSA) is 60.4 Å². The van der Waals surface area contributed by atoms with E-state index in [1.165, 1.54) is 13.2 Å². The standard InChI is InChI=1S/C23H37N2O4PS/c1-7-10-16-25(17-11-8-2)20(5)24-30(31,28-19(4)18-23(26)27-6)29-22-15-13-12-14-21(22)9-3/h12-15,18H,7-11,16-17H2,1-6H3. The molecule has 0 N–H and O–H groups in total. The summed E-state index contributed by atoms with van der Waals surface area (Å²) in [6, 6.07) is 7.73. The van der Waals surface area contributed by atoms with E-state index in [9.17, 15) is 4.79 Å². The van der Waals surface area contributed by atoms with Crippen molar-refractivity contribution in [3.05, 3.63) is 41.7 Å². The number of benzene rings is 1. The first-order valence-corrected chi connectivity index (χ1v) is 13.5. The van der Waals surface area contributed by atoms with E-state index in [-0.39, 0.29) is 0 Å². The fourth-order valence-corrected chi connectivity index (χ4v) is 5.27. The van der Waals surface area contributed by atoms with Crippen LogP contribution in [0, 0.1) is 0 Å². The molecule has 31 heavy (non-hydrogen) atoms. The van der Waals surface area contributed by atoms with Crippen LogP contribution in [-0.4, -0.2) is 36.9 Å². The molecule has 1 unspecified atom stereocenters. The van der Waals surface area contributed by atoms with Gasteiger partial charge in [-0.15, -0.1) is 0 Å². The van der Waals surface area contributed by atoms with E-state index in [2.05, 4.69) is 25.7 Å². The van der Waals surface area contributed by atoms with E-state index in [4.69, 9.17) is 30.4 Å². The van der Waals surface area contributed by atoms with E-state index in [0.717, 1.165) is 56.6 Å². The Morgan fingerprint density at radius 2 is 1.74 bits per heavy atom. The third-order valence-electron chi connectivity index (χ3n) is 4.64. The van der Waals surface area contributed by atoms with Crippen molar-refractivity contribution in [3.8, 4) is 5.75 Å². The normalized spacial score (nSPS) is 14.0. The van der Waals surface area contributed by atoms with Crippen molar-refractivity contribution in [2.24, 2.45) is 4.76 Å². The van der Waals surface area contributed by atoms with Crippen LogP contribution in [0.25, 0.3) is 0 Å². The Hall–Kier alpha value is -1.85. The van der Waals surface area contributed by atoms with Crippen molar-refractivity contribution in [1.82, 2.24) is 4.90 Å². The second kappa shape index (κ2) is 14.3. The molecule has 1 aromatic carbocycles. The molecule has 0 radical (unpaired) electrons. The van der Waals surface area contributed by atoms with E-state index >= 15 is 0 Å². The maximum Gasteiger partial charge on any atom is 0.415 e. The molecule has 8 heteroatoms. The summed E-state index contributed by atoms with van der Waals surface area (Å²) >= 11 is 5.84. The fraction of sp³-hybridized carbons (Fsp3) is 0.565. The SMILES string of the molecule is CCCCN(CCCC)C(C)=NP(=S)(OC(C)=CC(=O)OC)Oc1ccccc1CC. The monoisotopic (exact) mass is 468 g/mol. The summed E-state index contributed by atoms with van der Waals surface area (Å²) in [6.45, 7) is 8.64. The molecule has 1 atom stereocenters. The highest BCUT2D eigenvalue weighted by Crippen LogP contribution is 2.53. The molecule has 6 nitrogen and oxygen atoms in total. The maximum atomic E-state index is 11.6. The van der Waals surface area contributed by atoms with E-state index in [1.54, 1.807) is 6.92 Å². The van der Waals surface area contributed by atoms with E-state index < -0.39 is 12.6 Å². The summed E-state index contributed by atoms with van der Waals surface area (Å²) in [5.74, 6) is 1.25. The summed E-state index contributed by atoms with van der Waals surface area (Å²) in [5, 5.41) is 0. The van der Waals surface area contributed by atoms with Gasteiger partial charge in [0.25, 0.3) is 0 Å². The Balaban J connectivity index is 3.32. The second-order valence-electron chi connectivity index (χ2n) is 7.23. The van der Waals surface area contributed by atoms with Crippen molar-refractivity contribution in [2.75, 3.05) is 20.2 Å². The van der Waals surface area contributed by atoms with Crippen molar-refractivity contribution in [3.63, 3.8) is 0 Å². The van der Waals surface area contributed by atoms with Crippen LogP contribution in [0.1, 0.15) is 65.9 Å². The van der Waals surface area contributed by atoms with Crippen LogP contribution in [0.2, 0.25) is 0 Å². The number of carbonyl (C=O) groups is 1. The van der Waals surface area contributed by atoms with Crippen molar-refractivity contribution in [1.29, 1.82) is 0 Å². The Labute approximate surface area is 192 Å². The van der Waals surface area contributed by atoms with Gasteiger partial charge >= 0.3 is 12.6 Å². The number of amidine groups is 1. The lowest BCUT2D eigenvalue weighted by Gasteiger charge is -2.27. The molecule has 1 rings (SSSR count). The molecule has 0 aliphatic rings. The molecule has 0 heterocycles. The number of esters is 1. The van der Waals surface area contributed by atoms with Crippen molar-refractivity contribution in [2.45, 2.75) is 66.7 Å². The highest BCUT2D eigenvalue weighted by Gasteiger charge is 2.25. The molecule has 0 saturated heterocycles. The molecule has 0 saturated carbocycles. The first-order valence-electron chi connectivity index (χ1n) is 10.9. The predicted molar refractivity (Wildman–Crippen MR) is 132 cm³/mol. The van der Waals surface area contributed by atoms with Gasteiger partial charge in [0.2, 0.25) is 0 Å². The Morgan fingerprint density at radius 3 is 2.29 bits per heavy atom. The van der Waals surface area contributed by atoms with Crippen molar-refractivity contribution >= 4 is 30.3 Å². The summed E-state index contributed by atoms with van der Waals surface area (Å²) in [7, 11) is 1.32. The van der Waals surface area contributed by atoms with Gasteiger partial charge in [-0.3, -0.25) is 0 Å². The second-order valence-corrected chi connectivity index (χ2v) is 10.1. The first kappa shape index (κ1) is 27.2. The number of unbranched alkanes of at least 4 members (excludes halogenated alkanes) is 2. The molecule has 0 aliphatic carbocycles. The lowest BCUT2D eigenvalue weighted by atomic mass is 10.1. The minimum Gasteiger partial charge on any atom is -0.466 e. The average Bonchev–Trinajstić information content (AvgIpc) is 2.73. The number of ether oxygens (including phenoxy) is 1. The molecule has 0 aliphatic heterocycles. The Bertz CT molecular complexity index is 803. The number of para-hydroxylation sites is 1. The van der Waals surface area contributed by atoms with Crippen LogP contribution in [0.3, 0.4) is 0 Å². The number of methoxy groups -OCH3 is 1. The number of carbonyl (C=O) groups excluding carboxylic acids is 1. The van der Waals surface area contributed by atoms with E-state index in [1.807, 2.05) is 31.2 Å². The van der Waals surface area contributed by atoms with Gasteiger partial charge in [0.05, 0.1) is 13.2 Å². The Kier molecular flexibility index (Phi) is 12.5. The number of hydrogen-bond acceptors (Lipinski definition) is 5. The molecule has 0 amide bonds. The quantitative estimate of drug-likeness (QED) is 0.0850. The zero-order valence-electron chi connectivity index (χ0n) is 19.7. The third-order valence-corrected chi connectivity index (χ3v) is 6.81. The van der Waals surface area contributed by atoms with Gasteiger partial charge in [0, 0.05) is 24.9 Å². The summed E-state index contributed by atoms with van der Waals surface area (Å²) in [4.78, 5) is 13.9. The molecular formula is C23H37N2O4PS. The molecule has 0 aromatic heterocycles. The lowest BCUT2D eigenvalue weighted by molar-refractivity contribution is -0.135. The summed E-state index contributed by atoms with van der Waals surface area (Å²) in [6.07, 6.45) is 6.39. The predicted octanol–water partition coefficient (Wildman–Crippen LogP) is 6.27. The maximum absolute atomic E-state index is 11.6. The number of allylic oxidation sites excluding steroid dienone is 1. The van der Waals surface area contributed by atoms with Gasteiger partial charge in [0.1, 0.15) is 17.3 Å². The van der Waals surface area contributed by atoms with Crippen LogP contribution in [0.5, 0.6) is 5.75 Å². The highest BCUT2D eigenvalue weighted by atomic mass is 32.5. The average molecular weight is 469 g/mol. The minimum absolute atomic E-state index is 0.314. The smallest absolute Gasteiger partial charge is 0.415 e. The van der Waals surface area contributed by atoms with Gasteiger partial charge in [-0.2, -0.15) is 4.76 Å². The van der Waals surface area contributed by atoms with Crippen LogP contribution in [0.4, 0.5) is 0 Å². The highest BCUT2D eigenvalue weighted by molar-refractivity contribution is 8.09. The molecule has 0 bridgehead atoms. The third kappa shape index (κ3) is 9.88. The zero-order chi connectivity index (χ0) is 23.3. The molecule has 1 aromatic rings. The van der Waals surface area contributed by atoms with Crippen molar-refractivity contribution < 1.29 is 18.6 Å². The zero-order valence-corrected chi connectivity index (χ0v) is 21.4. The number of rotatable bonds is 13. The minimum atomic E-state index is -3.17. The van der Waals surface area contributed by atoms with Gasteiger partial charge in [-0.1, -0.05) is 51.8 Å². The fourth-order valence-electron chi connectivity index (χ4n) is 2.88. The Morgan fingerprint density at radius 1 is 1.13 bits per heavy atom. The first-order chi connectivity index (χ1) is 14.8. The van der Waals surface area contributed by atoms with Gasteiger partial charge in [-0.05, 0) is 44.7 Å². The molecule has 0 spiro atoms. The van der Waals surface area contributed by atoms with Gasteiger partial charge in [-0.25, -0.2) is 4.79 Å². The molecule has 174 valence electrons. The van der Waals surface area contributed by atoms with Crippen LogP contribution in [0.15, 0.2) is 40.9 Å². The number of hydrogen-bond donors (Lipinski definition) is 0. The number of nitrogens with zero attached hydrogens (tertiary/aromatic N) is 2. The molecule has 0 fully saturated rings.